The molecule has 0 saturated heterocycles. The van der Waals surface area contributed by atoms with Crippen molar-refractivity contribution in [1.82, 2.24) is 0 Å². The van der Waals surface area contributed by atoms with E-state index in [2.05, 4.69) is 0 Å². The lowest BCUT2D eigenvalue weighted by molar-refractivity contribution is -0.145. The van der Waals surface area contributed by atoms with Crippen LogP contribution >= 0.6 is 11.8 Å². The molecule has 1 N–H and O–H groups in total. The number of rotatable bonds is 3. The third kappa shape index (κ3) is 2.37. The molecule has 114 valence electrons. The van der Waals surface area contributed by atoms with E-state index in [0.717, 1.165) is 41.2 Å². The molecule has 0 bridgehead atoms. The minimum atomic E-state index is -0.771. The minimum absolute atomic E-state index is 0.518. The molecule has 0 unspecified atom stereocenters. The topological polar surface area (TPSA) is 55.8 Å². The van der Waals surface area contributed by atoms with Gasteiger partial charge in [0.1, 0.15) is 13.2 Å². The molecule has 1 aromatic carbocycles. The van der Waals surface area contributed by atoms with Gasteiger partial charge in [0.15, 0.2) is 11.5 Å². The van der Waals surface area contributed by atoms with Crippen LogP contribution in [0.25, 0.3) is 0 Å². The molecule has 0 radical (unpaired) electrons. The Balaban J connectivity index is 2.14. The first-order chi connectivity index (χ1) is 10.2. The molecular weight excluding hydrogens is 288 g/mol. The Morgan fingerprint density at radius 2 is 1.90 bits per heavy atom. The number of aliphatic carboxylic acids is 1. The van der Waals surface area contributed by atoms with Crippen molar-refractivity contribution in [2.45, 2.75) is 42.4 Å². The lowest BCUT2D eigenvalue weighted by Gasteiger charge is -2.36. The van der Waals surface area contributed by atoms with E-state index >= 15 is 0 Å². The van der Waals surface area contributed by atoms with Crippen LogP contribution < -0.4 is 9.47 Å². The highest BCUT2D eigenvalue weighted by Gasteiger charge is 2.43. The van der Waals surface area contributed by atoms with Gasteiger partial charge in [0, 0.05) is 0 Å². The average molecular weight is 308 g/mol. The van der Waals surface area contributed by atoms with E-state index in [1.807, 2.05) is 18.4 Å². The van der Waals surface area contributed by atoms with E-state index in [4.69, 9.17) is 9.47 Å². The summed E-state index contributed by atoms with van der Waals surface area (Å²) in [5, 5.41) is 9.88. The Hall–Kier alpha value is -1.36. The van der Waals surface area contributed by atoms with Crippen LogP contribution in [-0.2, 0) is 10.2 Å². The summed E-state index contributed by atoms with van der Waals surface area (Å²) < 4.78 is 11.4. The minimum Gasteiger partial charge on any atom is -0.486 e. The molecule has 0 amide bonds. The molecule has 1 fully saturated rings. The molecular formula is C16H20O4S. The van der Waals surface area contributed by atoms with Gasteiger partial charge in [-0.3, -0.25) is 4.79 Å². The van der Waals surface area contributed by atoms with Gasteiger partial charge in [-0.15, -0.1) is 11.8 Å². The predicted octanol–water partition coefficient (Wildman–Crippen LogP) is 3.47. The van der Waals surface area contributed by atoms with Crippen molar-refractivity contribution in [3.63, 3.8) is 0 Å². The second-order valence-corrected chi connectivity index (χ2v) is 6.43. The van der Waals surface area contributed by atoms with E-state index in [1.54, 1.807) is 11.8 Å². The van der Waals surface area contributed by atoms with Gasteiger partial charge >= 0.3 is 5.97 Å². The molecule has 0 spiro atoms. The normalized spacial score (nSPS) is 20.0. The van der Waals surface area contributed by atoms with Gasteiger partial charge in [-0.1, -0.05) is 25.3 Å². The predicted molar refractivity (Wildman–Crippen MR) is 81.6 cm³/mol. The molecule has 0 aromatic heterocycles. The Bertz CT molecular complexity index is 549. The van der Waals surface area contributed by atoms with Crippen molar-refractivity contribution in [1.29, 1.82) is 0 Å². The number of hydrogen-bond donors (Lipinski definition) is 1. The summed E-state index contributed by atoms with van der Waals surface area (Å²) in [5.74, 6) is 0.734. The van der Waals surface area contributed by atoms with Crippen LogP contribution in [0.4, 0.5) is 0 Å². The smallest absolute Gasteiger partial charge is 0.314 e. The number of carboxylic acid groups (broad SMARTS) is 1. The maximum absolute atomic E-state index is 12.0. The van der Waals surface area contributed by atoms with E-state index in [-0.39, 0.29) is 0 Å². The van der Waals surface area contributed by atoms with Gasteiger partial charge in [0.25, 0.3) is 0 Å². The zero-order valence-electron chi connectivity index (χ0n) is 12.2. The first kappa shape index (κ1) is 14.6. The Morgan fingerprint density at radius 3 is 2.57 bits per heavy atom. The highest BCUT2D eigenvalue weighted by molar-refractivity contribution is 7.98. The maximum atomic E-state index is 12.0. The van der Waals surface area contributed by atoms with Crippen molar-refractivity contribution in [3.8, 4) is 11.5 Å². The molecule has 5 heteroatoms. The number of ether oxygens (including phenoxy) is 2. The zero-order valence-corrected chi connectivity index (χ0v) is 13.0. The molecule has 4 nitrogen and oxygen atoms in total. The van der Waals surface area contributed by atoms with Crippen LogP contribution in [0.15, 0.2) is 17.0 Å². The number of benzene rings is 1. The van der Waals surface area contributed by atoms with Crippen molar-refractivity contribution in [2.75, 3.05) is 19.5 Å². The van der Waals surface area contributed by atoms with Crippen molar-refractivity contribution in [2.24, 2.45) is 0 Å². The van der Waals surface area contributed by atoms with Crippen molar-refractivity contribution >= 4 is 17.7 Å². The Morgan fingerprint density at radius 1 is 1.19 bits per heavy atom. The molecule has 3 rings (SSSR count). The summed E-state index contributed by atoms with van der Waals surface area (Å²) in [6, 6.07) is 3.79. The van der Waals surface area contributed by atoms with Crippen LogP contribution in [0, 0.1) is 0 Å². The molecule has 1 heterocycles. The van der Waals surface area contributed by atoms with Crippen LogP contribution in [0.5, 0.6) is 11.5 Å². The van der Waals surface area contributed by atoms with Gasteiger partial charge in [0.05, 0.1) is 10.3 Å². The van der Waals surface area contributed by atoms with Crippen molar-refractivity contribution < 1.29 is 19.4 Å². The fourth-order valence-electron chi connectivity index (χ4n) is 3.42. The summed E-state index contributed by atoms with van der Waals surface area (Å²) >= 11 is 1.55. The lowest BCUT2D eigenvalue weighted by Crippen LogP contribution is -2.38. The van der Waals surface area contributed by atoms with Gasteiger partial charge in [0.2, 0.25) is 0 Å². The monoisotopic (exact) mass is 308 g/mol. The average Bonchev–Trinajstić information content (AvgIpc) is 2.54. The van der Waals surface area contributed by atoms with Crippen LogP contribution in [-0.4, -0.2) is 30.5 Å². The molecule has 1 aromatic rings. The summed E-state index contributed by atoms with van der Waals surface area (Å²) in [4.78, 5) is 13.0. The summed E-state index contributed by atoms with van der Waals surface area (Å²) in [6.07, 6.45) is 6.43. The lowest BCUT2D eigenvalue weighted by atomic mass is 9.69. The van der Waals surface area contributed by atoms with Crippen LogP contribution in [0.3, 0.4) is 0 Å². The number of carbonyl (C=O) groups is 1. The van der Waals surface area contributed by atoms with Gasteiger partial charge in [-0.25, -0.2) is 0 Å². The van der Waals surface area contributed by atoms with E-state index in [9.17, 15) is 9.90 Å². The third-order valence-electron chi connectivity index (χ3n) is 4.50. The first-order valence-corrected chi connectivity index (χ1v) is 8.62. The van der Waals surface area contributed by atoms with Gasteiger partial charge < -0.3 is 14.6 Å². The summed E-state index contributed by atoms with van der Waals surface area (Å²) in [5.41, 5.74) is 0.123. The van der Waals surface area contributed by atoms with Crippen molar-refractivity contribution in [3.05, 3.63) is 17.7 Å². The number of hydrogen-bond acceptors (Lipinski definition) is 4. The van der Waals surface area contributed by atoms with E-state index < -0.39 is 11.4 Å². The largest absolute Gasteiger partial charge is 0.486 e. The second kappa shape index (κ2) is 5.79. The fraction of sp³-hybridized carbons (Fsp3) is 0.562. The molecule has 1 aliphatic carbocycles. The zero-order chi connectivity index (χ0) is 14.9. The molecule has 21 heavy (non-hydrogen) atoms. The third-order valence-corrected chi connectivity index (χ3v) is 5.31. The molecule has 0 atom stereocenters. The van der Waals surface area contributed by atoms with E-state index in [1.165, 1.54) is 0 Å². The standard InChI is InChI=1S/C16H20O4S/c1-21-14-11(5-6-12-13(14)20-10-9-19-12)16(15(17)18)7-3-2-4-8-16/h5-6H,2-4,7-10H2,1H3,(H,17,18). The maximum Gasteiger partial charge on any atom is 0.314 e. The highest BCUT2D eigenvalue weighted by atomic mass is 32.2. The number of carboxylic acids is 1. The van der Waals surface area contributed by atoms with E-state index in [0.29, 0.717) is 26.1 Å². The summed E-state index contributed by atoms with van der Waals surface area (Å²) in [7, 11) is 0. The Labute approximate surface area is 128 Å². The van der Waals surface area contributed by atoms with Gasteiger partial charge in [-0.05, 0) is 30.7 Å². The molecule has 1 aliphatic heterocycles. The summed E-state index contributed by atoms with van der Waals surface area (Å²) in [6.45, 7) is 1.06. The number of fused-ring (bicyclic) bond motifs is 1. The SMILES string of the molecule is CSc1c(C2(C(=O)O)CCCCC2)ccc2c1OCCO2. The number of thioether (sulfide) groups is 1. The van der Waals surface area contributed by atoms with Crippen LogP contribution in [0.1, 0.15) is 37.7 Å². The molecule has 2 aliphatic rings. The van der Waals surface area contributed by atoms with Crippen LogP contribution in [0.2, 0.25) is 0 Å². The molecule has 1 saturated carbocycles. The Kier molecular flexibility index (Phi) is 4.02. The van der Waals surface area contributed by atoms with Gasteiger partial charge in [-0.2, -0.15) is 0 Å². The second-order valence-electron chi connectivity index (χ2n) is 5.62. The fourth-order valence-corrected chi connectivity index (χ4v) is 4.25. The highest BCUT2D eigenvalue weighted by Crippen LogP contribution is 2.49. The first-order valence-electron chi connectivity index (χ1n) is 7.39. The quantitative estimate of drug-likeness (QED) is 0.867.